The summed E-state index contributed by atoms with van der Waals surface area (Å²) in [6.07, 6.45) is 4.58. The lowest BCUT2D eigenvalue weighted by Gasteiger charge is -2.12. The fraction of sp³-hybridized carbons (Fsp3) is 0.333. The number of amides is 1. The van der Waals surface area contributed by atoms with Crippen molar-refractivity contribution in [2.75, 3.05) is 6.54 Å². The molecule has 4 nitrogen and oxygen atoms in total. The van der Waals surface area contributed by atoms with E-state index in [0.717, 1.165) is 22.0 Å². The van der Waals surface area contributed by atoms with Gasteiger partial charge in [0.15, 0.2) is 0 Å². The molecule has 0 bridgehead atoms. The molecule has 0 spiro atoms. The Kier molecular flexibility index (Phi) is 4.95. The van der Waals surface area contributed by atoms with E-state index in [2.05, 4.69) is 26.3 Å². The fourth-order valence-electron chi connectivity index (χ4n) is 1.99. The maximum absolute atomic E-state index is 12.1. The van der Waals surface area contributed by atoms with Crippen LogP contribution in [0.5, 0.6) is 0 Å². The van der Waals surface area contributed by atoms with Gasteiger partial charge in [0.25, 0.3) is 0 Å². The van der Waals surface area contributed by atoms with Crippen molar-refractivity contribution < 1.29 is 4.79 Å². The molecule has 1 heterocycles. The SMILES string of the molecule is C[C@H](C(=O)NCCc1cnn(C)c1)c1ccc(Br)cc1. The first-order valence-corrected chi connectivity index (χ1v) is 7.36. The van der Waals surface area contributed by atoms with Gasteiger partial charge in [-0.05, 0) is 36.6 Å². The summed E-state index contributed by atoms with van der Waals surface area (Å²) in [5.74, 6) is -0.0896. The molecule has 0 saturated heterocycles. The van der Waals surface area contributed by atoms with Crippen molar-refractivity contribution in [2.24, 2.45) is 7.05 Å². The largest absolute Gasteiger partial charge is 0.355 e. The number of hydrogen-bond acceptors (Lipinski definition) is 2. The van der Waals surface area contributed by atoms with Gasteiger partial charge in [0, 0.05) is 24.3 Å². The lowest BCUT2D eigenvalue weighted by Crippen LogP contribution is -2.29. The lowest BCUT2D eigenvalue weighted by atomic mass is 10.0. The minimum atomic E-state index is -0.142. The molecule has 1 amide bonds. The summed E-state index contributed by atoms with van der Waals surface area (Å²) in [6, 6.07) is 7.84. The normalized spacial score (nSPS) is 12.2. The monoisotopic (exact) mass is 335 g/mol. The molecule has 0 unspecified atom stereocenters. The quantitative estimate of drug-likeness (QED) is 0.912. The van der Waals surface area contributed by atoms with Gasteiger partial charge >= 0.3 is 0 Å². The smallest absolute Gasteiger partial charge is 0.227 e. The first-order chi connectivity index (χ1) is 9.56. The summed E-state index contributed by atoms with van der Waals surface area (Å²) >= 11 is 3.39. The van der Waals surface area contributed by atoms with Crippen molar-refractivity contribution in [3.63, 3.8) is 0 Å². The fourth-order valence-corrected chi connectivity index (χ4v) is 2.25. The van der Waals surface area contributed by atoms with Crippen molar-refractivity contribution in [1.82, 2.24) is 15.1 Å². The summed E-state index contributed by atoms with van der Waals surface area (Å²) in [7, 11) is 1.89. The van der Waals surface area contributed by atoms with Crippen molar-refractivity contribution in [1.29, 1.82) is 0 Å². The van der Waals surface area contributed by atoms with Crippen LogP contribution in [0, 0.1) is 0 Å². The summed E-state index contributed by atoms with van der Waals surface area (Å²) in [4.78, 5) is 12.1. The second-order valence-corrected chi connectivity index (χ2v) is 5.75. The third kappa shape index (κ3) is 3.93. The van der Waals surface area contributed by atoms with Gasteiger partial charge in [0.2, 0.25) is 5.91 Å². The van der Waals surface area contributed by atoms with Gasteiger partial charge in [-0.1, -0.05) is 28.1 Å². The van der Waals surface area contributed by atoms with E-state index in [1.807, 2.05) is 50.6 Å². The van der Waals surface area contributed by atoms with Crippen LogP contribution in [0.25, 0.3) is 0 Å². The summed E-state index contributed by atoms with van der Waals surface area (Å²) in [6.45, 7) is 2.55. The van der Waals surface area contributed by atoms with E-state index in [0.29, 0.717) is 6.54 Å². The maximum atomic E-state index is 12.1. The molecule has 1 atom stereocenters. The summed E-state index contributed by atoms with van der Waals surface area (Å²) < 4.78 is 2.78. The third-order valence-electron chi connectivity index (χ3n) is 3.23. The zero-order chi connectivity index (χ0) is 14.5. The van der Waals surface area contributed by atoms with Crippen LogP contribution < -0.4 is 5.32 Å². The van der Waals surface area contributed by atoms with Crippen LogP contribution in [0.3, 0.4) is 0 Å². The number of carbonyl (C=O) groups excluding carboxylic acids is 1. The van der Waals surface area contributed by atoms with E-state index in [4.69, 9.17) is 0 Å². The number of benzene rings is 1. The molecule has 2 aromatic rings. The molecule has 5 heteroatoms. The van der Waals surface area contributed by atoms with Crippen LogP contribution in [0.15, 0.2) is 41.1 Å². The first kappa shape index (κ1) is 14.8. The Bertz CT molecular complexity index is 577. The standard InChI is InChI=1S/C15H18BrN3O/c1-11(13-3-5-14(16)6-4-13)15(20)17-8-7-12-9-18-19(2)10-12/h3-6,9-11H,7-8H2,1-2H3,(H,17,20)/t11-/m0/s1. The van der Waals surface area contributed by atoms with Crippen LogP contribution in [0.1, 0.15) is 24.0 Å². The van der Waals surface area contributed by atoms with E-state index in [-0.39, 0.29) is 11.8 Å². The minimum absolute atomic E-state index is 0.0520. The number of nitrogens with one attached hydrogen (secondary N) is 1. The second-order valence-electron chi connectivity index (χ2n) is 4.84. The molecule has 1 aromatic carbocycles. The van der Waals surface area contributed by atoms with E-state index < -0.39 is 0 Å². The summed E-state index contributed by atoms with van der Waals surface area (Å²) in [5.41, 5.74) is 2.15. The van der Waals surface area contributed by atoms with E-state index in [9.17, 15) is 4.79 Å². The van der Waals surface area contributed by atoms with Crippen LogP contribution in [-0.2, 0) is 18.3 Å². The van der Waals surface area contributed by atoms with Crippen molar-refractivity contribution in [3.05, 3.63) is 52.3 Å². The van der Waals surface area contributed by atoms with Crippen molar-refractivity contribution in [3.8, 4) is 0 Å². The highest BCUT2D eigenvalue weighted by Crippen LogP contribution is 2.18. The average molecular weight is 336 g/mol. The molecule has 1 aromatic heterocycles. The zero-order valence-corrected chi connectivity index (χ0v) is 13.2. The Labute approximate surface area is 127 Å². The molecule has 1 N–H and O–H groups in total. The predicted molar refractivity (Wildman–Crippen MR) is 82.5 cm³/mol. The van der Waals surface area contributed by atoms with Crippen molar-refractivity contribution >= 4 is 21.8 Å². The van der Waals surface area contributed by atoms with E-state index >= 15 is 0 Å². The Morgan fingerprint density at radius 1 is 1.40 bits per heavy atom. The Morgan fingerprint density at radius 3 is 2.70 bits per heavy atom. The van der Waals surface area contributed by atoms with Crippen LogP contribution in [0.4, 0.5) is 0 Å². The molecule has 0 radical (unpaired) electrons. The molecule has 106 valence electrons. The number of halogens is 1. The molecule has 2 rings (SSSR count). The Balaban J connectivity index is 1.83. The maximum Gasteiger partial charge on any atom is 0.227 e. The first-order valence-electron chi connectivity index (χ1n) is 6.57. The number of aryl methyl sites for hydroxylation is 1. The second kappa shape index (κ2) is 6.70. The average Bonchev–Trinajstić information content (AvgIpc) is 2.84. The molecule has 20 heavy (non-hydrogen) atoms. The summed E-state index contributed by atoms with van der Waals surface area (Å²) in [5, 5.41) is 7.07. The van der Waals surface area contributed by atoms with Crippen molar-refractivity contribution in [2.45, 2.75) is 19.3 Å². The molecule has 0 aliphatic rings. The van der Waals surface area contributed by atoms with Gasteiger partial charge in [-0.3, -0.25) is 9.48 Å². The minimum Gasteiger partial charge on any atom is -0.355 e. The van der Waals surface area contributed by atoms with E-state index in [1.165, 1.54) is 0 Å². The molecule has 0 aliphatic heterocycles. The molecule has 0 aliphatic carbocycles. The third-order valence-corrected chi connectivity index (χ3v) is 3.76. The van der Waals surface area contributed by atoms with Gasteiger partial charge in [0.1, 0.15) is 0 Å². The van der Waals surface area contributed by atoms with Gasteiger partial charge in [-0.15, -0.1) is 0 Å². The number of rotatable bonds is 5. The molecule has 0 saturated carbocycles. The highest BCUT2D eigenvalue weighted by Gasteiger charge is 2.14. The number of aromatic nitrogens is 2. The highest BCUT2D eigenvalue weighted by atomic mass is 79.9. The van der Waals surface area contributed by atoms with Gasteiger partial charge in [-0.2, -0.15) is 5.10 Å². The topological polar surface area (TPSA) is 46.9 Å². The number of hydrogen-bond donors (Lipinski definition) is 1. The Hall–Kier alpha value is -1.62. The van der Waals surface area contributed by atoms with Crippen LogP contribution in [-0.4, -0.2) is 22.2 Å². The predicted octanol–water partition coefficient (Wildman–Crippen LogP) is 2.65. The van der Waals surface area contributed by atoms with Crippen LogP contribution in [0.2, 0.25) is 0 Å². The van der Waals surface area contributed by atoms with Crippen LogP contribution >= 0.6 is 15.9 Å². The molecular weight excluding hydrogens is 318 g/mol. The lowest BCUT2D eigenvalue weighted by molar-refractivity contribution is -0.122. The molecule has 0 fully saturated rings. The van der Waals surface area contributed by atoms with E-state index in [1.54, 1.807) is 4.68 Å². The highest BCUT2D eigenvalue weighted by molar-refractivity contribution is 9.10. The number of nitrogens with zero attached hydrogens (tertiary/aromatic N) is 2. The number of carbonyl (C=O) groups is 1. The van der Waals surface area contributed by atoms with Gasteiger partial charge < -0.3 is 5.32 Å². The van der Waals surface area contributed by atoms with Gasteiger partial charge in [-0.25, -0.2) is 0 Å². The Morgan fingerprint density at radius 2 is 2.10 bits per heavy atom. The zero-order valence-electron chi connectivity index (χ0n) is 11.6. The van der Waals surface area contributed by atoms with Gasteiger partial charge in [0.05, 0.1) is 12.1 Å². The molecular formula is C15H18BrN3O.